The van der Waals surface area contributed by atoms with Gasteiger partial charge in [0.15, 0.2) is 0 Å². The highest BCUT2D eigenvalue weighted by molar-refractivity contribution is 6.30. The number of fused-ring (bicyclic) bond motifs is 1. The largest absolute Gasteiger partial charge is 0.273 e. The molecule has 0 aromatic heterocycles. The van der Waals surface area contributed by atoms with Crippen molar-refractivity contribution in [3.05, 3.63) is 69.7 Å². The SMILES string of the molecule is C/C(=N/NC(=O)Cc1ccc(Cl)cc1)c1ccc2c(c1)CCCC2. The summed E-state index contributed by atoms with van der Waals surface area (Å²) in [6, 6.07) is 13.8. The molecule has 24 heavy (non-hydrogen) atoms. The minimum Gasteiger partial charge on any atom is -0.273 e. The van der Waals surface area contributed by atoms with Crippen LogP contribution in [-0.4, -0.2) is 11.6 Å². The zero-order chi connectivity index (χ0) is 16.9. The molecule has 0 radical (unpaired) electrons. The first-order valence-corrected chi connectivity index (χ1v) is 8.69. The predicted octanol–water partition coefficient (Wildman–Crippen LogP) is 4.30. The van der Waals surface area contributed by atoms with Crippen LogP contribution in [0.5, 0.6) is 0 Å². The van der Waals surface area contributed by atoms with Gasteiger partial charge in [-0.25, -0.2) is 5.43 Å². The smallest absolute Gasteiger partial charge is 0.244 e. The molecule has 0 saturated heterocycles. The molecular formula is C20H21ClN2O. The summed E-state index contributed by atoms with van der Waals surface area (Å²) in [5.74, 6) is -0.130. The molecule has 0 heterocycles. The Kier molecular flexibility index (Phi) is 5.31. The van der Waals surface area contributed by atoms with E-state index in [0.717, 1.165) is 23.3 Å². The number of nitrogens with one attached hydrogen (secondary N) is 1. The van der Waals surface area contributed by atoms with Crippen molar-refractivity contribution in [3.8, 4) is 0 Å². The number of hydrazone groups is 1. The molecule has 0 spiro atoms. The number of carbonyl (C=O) groups is 1. The molecular weight excluding hydrogens is 320 g/mol. The molecule has 0 bridgehead atoms. The van der Waals surface area contributed by atoms with Gasteiger partial charge in [0.05, 0.1) is 12.1 Å². The van der Waals surface area contributed by atoms with Gasteiger partial charge < -0.3 is 0 Å². The number of nitrogens with zero attached hydrogens (tertiary/aromatic N) is 1. The van der Waals surface area contributed by atoms with Crippen molar-refractivity contribution >= 4 is 23.2 Å². The van der Waals surface area contributed by atoms with Crippen LogP contribution < -0.4 is 5.43 Å². The van der Waals surface area contributed by atoms with Crippen LogP contribution >= 0.6 is 11.6 Å². The summed E-state index contributed by atoms with van der Waals surface area (Å²) < 4.78 is 0. The monoisotopic (exact) mass is 340 g/mol. The molecule has 1 aliphatic rings. The van der Waals surface area contributed by atoms with E-state index < -0.39 is 0 Å². The quantitative estimate of drug-likeness (QED) is 0.654. The summed E-state index contributed by atoms with van der Waals surface area (Å²) in [4.78, 5) is 12.0. The summed E-state index contributed by atoms with van der Waals surface area (Å²) in [7, 11) is 0. The van der Waals surface area contributed by atoms with E-state index in [2.05, 4.69) is 28.7 Å². The molecule has 3 rings (SSSR count). The third-order valence-corrected chi connectivity index (χ3v) is 4.64. The van der Waals surface area contributed by atoms with E-state index in [-0.39, 0.29) is 12.3 Å². The molecule has 1 N–H and O–H groups in total. The molecule has 1 amide bonds. The van der Waals surface area contributed by atoms with Crippen molar-refractivity contribution in [1.82, 2.24) is 5.43 Å². The molecule has 0 unspecified atom stereocenters. The first kappa shape index (κ1) is 16.7. The lowest BCUT2D eigenvalue weighted by Gasteiger charge is -2.16. The third kappa shape index (κ3) is 4.24. The molecule has 0 aliphatic heterocycles. The summed E-state index contributed by atoms with van der Waals surface area (Å²) >= 11 is 5.85. The van der Waals surface area contributed by atoms with Crippen LogP contribution in [0.3, 0.4) is 0 Å². The van der Waals surface area contributed by atoms with E-state index in [4.69, 9.17) is 11.6 Å². The number of hydrogen-bond donors (Lipinski definition) is 1. The van der Waals surface area contributed by atoms with Gasteiger partial charge in [-0.2, -0.15) is 5.10 Å². The zero-order valence-corrected chi connectivity index (χ0v) is 14.6. The van der Waals surface area contributed by atoms with Crippen LogP contribution in [0.2, 0.25) is 5.02 Å². The first-order chi connectivity index (χ1) is 11.6. The Morgan fingerprint density at radius 2 is 1.79 bits per heavy atom. The fourth-order valence-corrected chi connectivity index (χ4v) is 3.12. The lowest BCUT2D eigenvalue weighted by Crippen LogP contribution is -2.21. The average molecular weight is 341 g/mol. The molecule has 3 nitrogen and oxygen atoms in total. The molecule has 124 valence electrons. The van der Waals surface area contributed by atoms with Crippen LogP contribution in [0.15, 0.2) is 47.6 Å². The van der Waals surface area contributed by atoms with Gasteiger partial charge >= 0.3 is 0 Å². The van der Waals surface area contributed by atoms with Crippen molar-refractivity contribution in [2.24, 2.45) is 5.10 Å². The van der Waals surface area contributed by atoms with Gasteiger partial charge in [-0.3, -0.25) is 4.79 Å². The molecule has 2 aromatic carbocycles. The van der Waals surface area contributed by atoms with Crippen LogP contribution in [0, 0.1) is 0 Å². The molecule has 0 atom stereocenters. The van der Waals surface area contributed by atoms with Crippen LogP contribution in [0.1, 0.15) is 42.0 Å². The zero-order valence-electron chi connectivity index (χ0n) is 13.8. The van der Waals surface area contributed by atoms with Crippen LogP contribution in [0.4, 0.5) is 0 Å². The van der Waals surface area contributed by atoms with Gasteiger partial charge in [-0.1, -0.05) is 35.9 Å². The maximum atomic E-state index is 12.0. The standard InChI is InChI=1S/C20H21ClN2O/c1-14(17-9-8-16-4-2-3-5-18(16)13-17)22-23-20(24)12-15-6-10-19(21)11-7-15/h6-11,13H,2-5,12H2,1H3,(H,23,24)/b22-14-. The Morgan fingerprint density at radius 1 is 1.08 bits per heavy atom. The molecule has 0 saturated carbocycles. The Hall–Kier alpha value is -2.13. The summed E-state index contributed by atoms with van der Waals surface area (Å²) in [5.41, 5.74) is 8.32. The fraction of sp³-hybridized carbons (Fsp3) is 0.300. The van der Waals surface area contributed by atoms with Crippen LogP contribution in [-0.2, 0) is 24.1 Å². The van der Waals surface area contributed by atoms with E-state index >= 15 is 0 Å². The normalized spacial score (nSPS) is 14.2. The minimum absolute atomic E-state index is 0.130. The summed E-state index contributed by atoms with van der Waals surface area (Å²) in [6.07, 6.45) is 5.13. The topological polar surface area (TPSA) is 41.5 Å². The summed E-state index contributed by atoms with van der Waals surface area (Å²) in [6.45, 7) is 1.92. The van der Waals surface area contributed by atoms with E-state index in [1.165, 1.54) is 30.4 Å². The van der Waals surface area contributed by atoms with E-state index in [0.29, 0.717) is 5.02 Å². The second-order valence-corrected chi connectivity index (χ2v) is 6.66. The maximum absolute atomic E-state index is 12.0. The number of aryl methyl sites for hydroxylation is 2. The van der Waals surface area contributed by atoms with Crippen LogP contribution in [0.25, 0.3) is 0 Å². The molecule has 4 heteroatoms. The number of halogens is 1. The molecule has 2 aromatic rings. The lowest BCUT2D eigenvalue weighted by atomic mass is 9.90. The first-order valence-electron chi connectivity index (χ1n) is 8.31. The maximum Gasteiger partial charge on any atom is 0.244 e. The van der Waals surface area contributed by atoms with Crippen molar-refractivity contribution in [1.29, 1.82) is 0 Å². The van der Waals surface area contributed by atoms with Gasteiger partial charge in [-0.05, 0) is 73.1 Å². The van der Waals surface area contributed by atoms with Crippen molar-refractivity contribution in [2.75, 3.05) is 0 Å². The Morgan fingerprint density at radius 3 is 2.54 bits per heavy atom. The van der Waals surface area contributed by atoms with Crippen molar-refractivity contribution in [3.63, 3.8) is 0 Å². The fourth-order valence-electron chi connectivity index (χ4n) is 3.00. The van der Waals surface area contributed by atoms with Crippen molar-refractivity contribution < 1.29 is 4.79 Å². The second-order valence-electron chi connectivity index (χ2n) is 6.23. The van der Waals surface area contributed by atoms with E-state index in [1.54, 1.807) is 12.1 Å². The lowest BCUT2D eigenvalue weighted by molar-refractivity contribution is -0.120. The molecule has 0 fully saturated rings. The highest BCUT2D eigenvalue weighted by atomic mass is 35.5. The van der Waals surface area contributed by atoms with Gasteiger partial charge in [0.2, 0.25) is 5.91 Å². The third-order valence-electron chi connectivity index (χ3n) is 4.39. The van der Waals surface area contributed by atoms with E-state index in [9.17, 15) is 4.79 Å². The average Bonchev–Trinajstić information content (AvgIpc) is 2.61. The highest BCUT2D eigenvalue weighted by Gasteiger charge is 2.10. The van der Waals surface area contributed by atoms with Gasteiger partial charge in [0.25, 0.3) is 0 Å². The number of benzene rings is 2. The number of rotatable bonds is 4. The van der Waals surface area contributed by atoms with Gasteiger partial charge in [0, 0.05) is 5.02 Å². The Labute approximate surface area is 147 Å². The number of amides is 1. The summed E-state index contributed by atoms with van der Waals surface area (Å²) in [5, 5.41) is 4.92. The van der Waals surface area contributed by atoms with Gasteiger partial charge in [-0.15, -0.1) is 0 Å². The van der Waals surface area contributed by atoms with Crippen molar-refractivity contribution in [2.45, 2.75) is 39.0 Å². The number of hydrogen-bond acceptors (Lipinski definition) is 2. The van der Waals surface area contributed by atoms with Gasteiger partial charge in [0.1, 0.15) is 0 Å². The predicted molar refractivity (Wildman–Crippen MR) is 98.6 cm³/mol. The van der Waals surface area contributed by atoms with E-state index in [1.807, 2.05) is 19.1 Å². The molecule has 1 aliphatic carbocycles. The Bertz CT molecular complexity index is 766. The number of carbonyl (C=O) groups excluding carboxylic acids is 1. The minimum atomic E-state index is -0.130. The highest BCUT2D eigenvalue weighted by Crippen LogP contribution is 2.22. The Balaban J connectivity index is 1.63. The second kappa shape index (κ2) is 7.63.